The summed E-state index contributed by atoms with van der Waals surface area (Å²) in [5, 5.41) is 0. The van der Waals surface area contributed by atoms with Crippen LogP contribution in [0.15, 0.2) is 12.4 Å². The summed E-state index contributed by atoms with van der Waals surface area (Å²) in [7, 11) is 0. The molecular weight excluding hydrogens is 162 g/mol. The molecule has 0 bridgehead atoms. The van der Waals surface area contributed by atoms with E-state index in [1.54, 1.807) is 0 Å². The molecule has 1 atom stereocenters. The topological polar surface area (TPSA) is 51.8 Å². The van der Waals surface area contributed by atoms with E-state index in [0.717, 1.165) is 17.8 Å². The Labute approximate surface area is 79.4 Å². The van der Waals surface area contributed by atoms with Gasteiger partial charge in [-0.1, -0.05) is 13.8 Å². The van der Waals surface area contributed by atoms with Gasteiger partial charge in [0, 0.05) is 24.4 Å². The predicted octanol–water partition coefficient (Wildman–Crippen LogP) is 1.49. The summed E-state index contributed by atoms with van der Waals surface area (Å²) in [6.07, 6.45) is 4.58. The highest BCUT2D eigenvalue weighted by Gasteiger charge is 2.03. The van der Waals surface area contributed by atoms with Crippen molar-refractivity contribution in [3.05, 3.63) is 23.8 Å². The molecule has 3 nitrogen and oxygen atoms in total. The summed E-state index contributed by atoms with van der Waals surface area (Å²) < 4.78 is 0. The van der Waals surface area contributed by atoms with Crippen molar-refractivity contribution in [1.29, 1.82) is 0 Å². The van der Waals surface area contributed by atoms with Crippen molar-refractivity contribution in [3.63, 3.8) is 0 Å². The van der Waals surface area contributed by atoms with Gasteiger partial charge in [-0.2, -0.15) is 0 Å². The minimum Gasteiger partial charge on any atom is -0.328 e. The summed E-state index contributed by atoms with van der Waals surface area (Å²) in [5.74, 6) is 1.29. The van der Waals surface area contributed by atoms with E-state index < -0.39 is 0 Å². The molecule has 0 aromatic carbocycles. The molecule has 0 aliphatic heterocycles. The molecule has 0 aliphatic rings. The first-order valence-electron chi connectivity index (χ1n) is 4.66. The lowest BCUT2D eigenvalue weighted by molar-refractivity contribution is 0.718. The van der Waals surface area contributed by atoms with Crippen molar-refractivity contribution in [3.8, 4) is 0 Å². The summed E-state index contributed by atoms with van der Waals surface area (Å²) in [6, 6.07) is 0.175. The summed E-state index contributed by atoms with van der Waals surface area (Å²) in [5.41, 5.74) is 6.78. The number of rotatable bonds is 3. The van der Waals surface area contributed by atoms with Gasteiger partial charge in [-0.15, -0.1) is 0 Å². The predicted molar refractivity (Wildman–Crippen MR) is 53.5 cm³/mol. The van der Waals surface area contributed by atoms with Gasteiger partial charge < -0.3 is 5.73 Å². The van der Waals surface area contributed by atoms with Crippen LogP contribution in [-0.2, 0) is 6.42 Å². The Bertz CT molecular complexity index is 251. The molecule has 2 N–H and O–H groups in total. The van der Waals surface area contributed by atoms with Gasteiger partial charge in [-0.05, 0) is 18.9 Å². The summed E-state index contributed by atoms with van der Waals surface area (Å²) in [6.45, 7) is 6.15. The lowest BCUT2D eigenvalue weighted by Crippen LogP contribution is -2.18. The summed E-state index contributed by atoms with van der Waals surface area (Å²) >= 11 is 0. The molecule has 13 heavy (non-hydrogen) atoms. The molecule has 1 aromatic rings. The number of hydrogen-bond acceptors (Lipinski definition) is 3. The average Bonchev–Trinajstić information content (AvgIpc) is 2.04. The van der Waals surface area contributed by atoms with Gasteiger partial charge in [0.2, 0.25) is 0 Å². The SMILES string of the molecule is CC(N)Cc1cnc(C(C)C)nc1. The third kappa shape index (κ3) is 3.11. The minimum atomic E-state index is 0.175. The van der Waals surface area contributed by atoms with E-state index in [4.69, 9.17) is 5.73 Å². The molecule has 3 heteroatoms. The van der Waals surface area contributed by atoms with Gasteiger partial charge in [-0.3, -0.25) is 0 Å². The van der Waals surface area contributed by atoms with E-state index in [-0.39, 0.29) is 6.04 Å². The van der Waals surface area contributed by atoms with E-state index in [1.807, 2.05) is 19.3 Å². The Kier molecular flexibility index (Phi) is 3.37. The third-order valence-corrected chi connectivity index (χ3v) is 1.80. The van der Waals surface area contributed by atoms with Crippen molar-refractivity contribution in [1.82, 2.24) is 9.97 Å². The normalized spacial score (nSPS) is 13.3. The molecule has 1 unspecified atom stereocenters. The lowest BCUT2D eigenvalue weighted by Gasteiger charge is -2.06. The maximum absolute atomic E-state index is 5.67. The molecule has 72 valence electrons. The second-order valence-corrected chi connectivity index (χ2v) is 3.79. The smallest absolute Gasteiger partial charge is 0.130 e. The zero-order chi connectivity index (χ0) is 9.84. The molecule has 0 saturated carbocycles. The molecule has 0 amide bonds. The van der Waals surface area contributed by atoms with Crippen LogP contribution in [0.4, 0.5) is 0 Å². The lowest BCUT2D eigenvalue weighted by atomic mass is 10.1. The van der Waals surface area contributed by atoms with Crippen molar-refractivity contribution in [2.45, 2.75) is 39.2 Å². The van der Waals surface area contributed by atoms with Gasteiger partial charge in [0.25, 0.3) is 0 Å². The molecule has 0 radical (unpaired) electrons. The van der Waals surface area contributed by atoms with Crippen molar-refractivity contribution >= 4 is 0 Å². The Balaban J connectivity index is 2.70. The summed E-state index contributed by atoms with van der Waals surface area (Å²) in [4.78, 5) is 8.53. The van der Waals surface area contributed by atoms with Crippen LogP contribution in [0.3, 0.4) is 0 Å². The largest absolute Gasteiger partial charge is 0.328 e. The number of hydrogen-bond donors (Lipinski definition) is 1. The molecule has 0 saturated heterocycles. The zero-order valence-corrected chi connectivity index (χ0v) is 8.49. The number of nitrogens with zero attached hydrogens (tertiary/aromatic N) is 2. The zero-order valence-electron chi connectivity index (χ0n) is 8.49. The average molecular weight is 179 g/mol. The second-order valence-electron chi connectivity index (χ2n) is 3.79. The second kappa shape index (κ2) is 4.33. The Hall–Kier alpha value is -0.960. The van der Waals surface area contributed by atoms with Crippen LogP contribution in [0.2, 0.25) is 0 Å². The van der Waals surface area contributed by atoms with Crippen LogP contribution in [0, 0.1) is 0 Å². The quantitative estimate of drug-likeness (QED) is 0.764. The van der Waals surface area contributed by atoms with Crippen molar-refractivity contribution in [2.24, 2.45) is 5.73 Å². The van der Waals surface area contributed by atoms with E-state index in [1.165, 1.54) is 0 Å². The molecule has 1 rings (SSSR count). The fourth-order valence-corrected chi connectivity index (χ4v) is 1.14. The van der Waals surface area contributed by atoms with E-state index in [0.29, 0.717) is 5.92 Å². The van der Waals surface area contributed by atoms with E-state index in [2.05, 4.69) is 23.8 Å². The highest BCUT2D eigenvalue weighted by Crippen LogP contribution is 2.08. The van der Waals surface area contributed by atoms with Gasteiger partial charge in [0.1, 0.15) is 5.82 Å². The first-order valence-corrected chi connectivity index (χ1v) is 4.66. The van der Waals surface area contributed by atoms with Crippen LogP contribution in [-0.4, -0.2) is 16.0 Å². The highest BCUT2D eigenvalue weighted by atomic mass is 14.9. The fourth-order valence-electron chi connectivity index (χ4n) is 1.14. The van der Waals surface area contributed by atoms with Crippen LogP contribution >= 0.6 is 0 Å². The Morgan fingerprint density at radius 1 is 1.23 bits per heavy atom. The standard InChI is InChI=1S/C10H17N3/c1-7(2)10-12-5-9(6-13-10)4-8(3)11/h5-8H,4,11H2,1-3H3. The molecule has 0 aliphatic carbocycles. The van der Waals surface area contributed by atoms with Crippen LogP contribution in [0.1, 0.15) is 38.1 Å². The van der Waals surface area contributed by atoms with Gasteiger partial charge in [0.05, 0.1) is 0 Å². The monoisotopic (exact) mass is 179 g/mol. The van der Waals surface area contributed by atoms with Crippen LogP contribution in [0.5, 0.6) is 0 Å². The molecule has 0 spiro atoms. The minimum absolute atomic E-state index is 0.175. The number of aromatic nitrogens is 2. The van der Waals surface area contributed by atoms with E-state index >= 15 is 0 Å². The Morgan fingerprint density at radius 2 is 1.77 bits per heavy atom. The van der Waals surface area contributed by atoms with E-state index in [9.17, 15) is 0 Å². The molecule has 1 heterocycles. The Morgan fingerprint density at radius 3 is 2.15 bits per heavy atom. The fraction of sp³-hybridized carbons (Fsp3) is 0.600. The van der Waals surface area contributed by atoms with Crippen molar-refractivity contribution in [2.75, 3.05) is 0 Å². The van der Waals surface area contributed by atoms with Crippen LogP contribution < -0.4 is 5.73 Å². The van der Waals surface area contributed by atoms with Gasteiger partial charge in [0.15, 0.2) is 0 Å². The maximum atomic E-state index is 5.67. The first-order chi connectivity index (χ1) is 6.09. The van der Waals surface area contributed by atoms with Gasteiger partial charge >= 0.3 is 0 Å². The van der Waals surface area contributed by atoms with Crippen molar-refractivity contribution < 1.29 is 0 Å². The van der Waals surface area contributed by atoms with Crippen LogP contribution in [0.25, 0.3) is 0 Å². The van der Waals surface area contributed by atoms with Gasteiger partial charge in [-0.25, -0.2) is 9.97 Å². The highest BCUT2D eigenvalue weighted by molar-refractivity contribution is 5.07. The first kappa shape index (κ1) is 10.1. The third-order valence-electron chi connectivity index (χ3n) is 1.80. The molecule has 1 aromatic heterocycles. The molecule has 0 fully saturated rings. The number of nitrogens with two attached hydrogens (primary N) is 1. The molecular formula is C10H17N3. The maximum Gasteiger partial charge on any atom is 0.130 e.